The van der Waals surface area contributed by atoms with Gasteiger partial charge in [0.25, 0.3) is 5.88 Å². The molecule has 1 aromatic heterocycles. The van der Waals surface area contributed by atoms with E-state index in [0.717, 1.165) is 0 Å². The topological polar surface area (TPSA) is 117 Å². The van der Waals surface area contributed by atoms with E-state index >= 15 is 0 Å². The number of alkyl halides is 3. The summed E-state index contributed by atoms with van der Waals surface area (Å²) < 4.78 is 92.4. The van der Waals surface area contributed by atoms with Gasteiger partial charge in [0, 0.05) is 10.6 Å². The summed E-state index contributed by atoms with van der Waals surface area (Å²) in [4.78, 5) is 14.2. The van der Waals surface area contributed by atoms with Crippen LogP contribution in [-0.4, -0.2) is 44.8 Å². The highest BCUT2D eigenvalue weighted by Gasteiger charge is 2.49. The first kappa shape index (κ1) is 23.1. The average molecular weight is 492 g/mol. The highest BCUT2D eigenvalue weighted by Crippen LogP contribution is 2.33. The van der Waals surface area contributed by atoms with Crippen LogP contribution >= 0.6 is 22.9 Å². The maximum Gasteiger partial charge on any atom is 0.534 e. The minimum atomic E-state index is -6.17. The zero-order chi connectivity index (χ0) is 22.0. The Bertz CT molecular complexity index is 1160. The molecule has 158 valence electrons. The third kappa shape index (κ3) is 5.26. The number of carbonyl (C=O) groups excluding carboxylic acids is 1. The van der Waals surface area contributed by atoms with Crippen LogP contribution in [0, 0.1) is 0 Å². The molecule has 0 aliphatic rings. The summed E-state index contributed by atoms with van der Waals surface area (Å²) >= 11 is 6.02. The summed E-state index contributed by atoms with van der Waals surface area (Å²) in [5.74, 6) is -2.49. The lowest BCUT2D eigenvalue weighted by molar-refractivity contribution is -0.0501. The summed E-state index contributed by atoms with van der Waals surface area (Å²) in [5, 5.41) is -0.215. The SMILES string of the molecule is CCOC(=O)c1sc(C(c2ccc(Cl)cc2)=S(=O)=O)nc1OS(=O)(=O)C(F)(F)F. The van der Waals surface area contributed by atoms with Crippen LogP contribution in [0.25, 0.3) is 0 Å². The number of esters is 1. The van der Waals surface area contributed by atoms with E-state index in [1.54, 1.807) is 0 Å². The van der Waals surface area contributed by atoms with Crippen LogP contribution in [-0.2, 0) is 25.1 Å². The molecule has 29 heavy (non-hydrogen) atoms. The molecular formula is C14H9ClF3NO7S3. The Kier molecular flexibility index (Phi) is 6.93. The number of hydrogen-bond acceptors (Lipinski definition) is 9. The summed E-state index contributed by atoms with van der Waals surface area (Å²) in [5.41, 5.74) is -5.76. The molecule has 2 rings (SSSR count). The van der Waals surface area contributed by atoms with Crippen molar-refractivity contribution in [2.45, 2.75) is 12.4 Å². The number of carbonyl (C=O) groups is 1. The quantitative estimate of drug-likeness (QED) is 0.199. The van der Waals surface area contributed by atoms with E-state index in [4.69, 9.17) is 11.6 Å². The molecule has 0 unspecified atom stereocenters. The molecule has 0 aliphatic carbocycles. The highest BCUT2D eigenvalue weighted by atomic mass is 35.5. The van der Waals surface area contributed by atoms with Gasteiger partial charge in [-0.15, -0.1) is 11.3 Å². The van der Waals surface area contributed by atoms with Gasteiger partial charge in [-0.3, -0.25) is 0 Å². The fourth-order valence-corrected chi connectivity index (χ4v) is 4.13. The lowest BCUT2D eigenvalue weighted by atomic mass is 10.1. The van der Waals surface area contributed by atoms with Crippen molar-refractivity contribution in [3.05, 3.63) is 44.7 Å². The molecule has 0 aliphatic heterocycles. The van der Waals surface area contributed by atoms with Gasteiger partial charge in [0.05, 0.1) is 6.61 Å². The number of ether oxygens (including phenoxy) is 1. The normalized spacial score (nSPS) is 11.8. The second-order valence-electron chi connectivity index (χ2n) is 4.93. The van der Waals surface area contributed by atoms with Gasteiger partial charge in [0.2, 0.25) is 10.3 Å². The molecule has 0 N–H and O–H groups in total. The van der Waals surface area contributed by atoms with E-state index in [1.807, 2.05) is 0 Å². The van der Waals surface area contributed by atoms with Crippen LogP contribution in [0.2, 0.25) is 5.02 Å². The fraction of sp³-hybridized carbons (Fsp3) is 0.214. The molecule has 0 atom stereocenters. The predicted octanol–water partition coefficient (Wildman–Crippen LogP) is 2.65. The number of hydrogen-bond donors (Lipinski definition) is 0. The molecule has 0 fully saturated rings. The Labute approximate surface area is 172 Å². The minimum Gasteiger partial charge on any atom is -0.462 e. The van der Waals surface area contributed by atoms with Crippen LogP contribution in [0.3, 0.4) is 0 Å². The molecule has 15 heteroatoms. The average Bonchev–Trinajstić information content (AvgIpc) is 2.98. The predicted molar refractivity (Wildman–Crippen MR) is 97.3 cm³/mol. The van der Waals surface area contributed by atoms with E-state index in [-0.39, 0.29) is 28.5 Å². The number of nitrogens with zero attached hydrogens (tertiary/aromatic N) is 1. The zero-order valence-corrected chi connectivity index (χ0v) is 17.3. The number of halogens is 4. The van der Waals surface area contributed by atoms with Crippen molar-refractivity contribution in [2.75, 3.05) is 6.61 Å². The van der Waals surface area contributed by atoms with Crippen molar-refractivity contribution in [3.63, 3.8) is 0 Å². The summed E-state index contributed by atoms with van der Waals surface area (Å²) in [6.07, 6.45) is 0. The van der Waals surface area contributed by atoms with Crippen molar-refractivity contribution < 1.29 is 43.7 Å². The van der Waals surface area contributed by atoms with E-state index < -0.39 is 52.5 Å². The van der Waals surface area contributed by atoms with Crippen LogP contribution in [0.1, 0.15) is 27.2 Å². The van der Waals surface area contributed by atoms with Crippen molar-refractivity contribution in [2.24, 2.45) is 0 Å². The van der Waals surface area contributed by atoms with Gasteiger partial charge in [-0.25, -0.2) is 4.79 Å². The van der Waals surface area contributed by atoms with Crippen molar-refractivity contribution in [1.82, 2.24) is 4.98 Å². The molecule has 8 nitrogen and oxygen atoms in total. The first-order chi connectivity index (χ1) is 13.4. The first-order valence-corrected chi connectivity index (χ1v) is 11.0. The Hall–Kier alpha value is -2.16. The number of rotatable bonds is 6. The smallest absolute Gasteiger partial charge is 0.462 e. The molecule has 2 aromatic rings. The van der Waals surface area contributed by atoms with E-state index in [1.165, 1.54) is 31.2 Å². The van der Waals surface area contributed by atoms with Gasteiger partial charge in [-0.1, -0.05) is 23.7 Å². The monoisotopic (exact) mass is 491 g/mol. The highest BCUT2D eigenvalue weighted by molar-refractivity contribution is 7.88. The molecule has 0 saturated carbocycles. The van der Waals surface area contributed by atoms with Gasteiger partial charge in [0.15, 0.2) is 4.88 Å². The molecule has 1 aromatic carbocycles. The zero-order valence-electron chi connectivity index (χ0n) is 14.1. The summed E-state index contributed by atoms with van der Waals surface area (Å²) in [6.45, 7) is 1.20. The molecule has 1 heterocycles. The second-order valence-corrected chi connectivity index (χ2v) is 8.78. The van der Waals surface area contributed by atoms with Crippen LogP contribution in [0.5, 0.6) is 5.88 Å². The van der Waals surface area contributed by atoms with Crippen LogP contribution < -0.4 is 4.18 Å². The Balaban J connectivity index is 2.66. The van der Waals surface area contributed by atoms with E-state index in [2.05, 4.69) is 13.9 Å². The first-order valence-electron chi connectivity index (χ1n) is 7.28. The van der Waals surface area contributed by atoms with Gasteiger partial charge in [-0.05, 0) is 19.1 Å². The standard InChI is InChI=1S/C14H9ClF3NO7S3/c1-2-25-13(20)9-11(26-29(23,24)14(16,17)18)19-12(27-9)10(28(21)22)7-3-5-8(15)6-4-7/h3-6H,2H2,1H3. The van der Waals surface area contributed by atoms with E-state index in [0.29, 0.717) is 0 Å². The molecule has 0 bridgehead atoms. The Morgan fingerprint density at radius 2 is 1.83 bits per heavy atom. The molecule has 0 spiro atoms. The van der Waals surface area contributed by atoms with Gasteiger partial charge < -0.3 is 8.92 Å². The van der Waals surface area contributed by atoms with Crippen molar-refractivity contribution >= 4 is 54.2 Å². The number of thiazole rings is 1. The molecular weight excluding hydrogens is 483 g/mol. The number of benzene rings is 1. The third-order valence-corrected chi connectivity index (χ3v) is 6.12. The van der Waals surface area contributed by atoms with Gasteiger partial charge in [-0.2, -0.15) is 35.0 Å². The maximum atomic E-state index is 12.6. The maximum absolute atomic E-state index is 12.6. The molecule has 0 saturated heterocycles. The summed E-state index contributed by atoms with van der Waals surface area (Å²) in [6, 6.07) is 5.25. The Morgan fingerprint density at radius 3 is 2.31 bits per heavy atom. The Morgan fingerprint density at radius 1 is 1.24 bits per heavy atom. The molecule has 0 radical (unpaired) electrons. The van der Waals surface area contributed by atoms with Gasteiger partial charge >= 0.3 is 21.6 Å². The lowest BCUT2D eigenvalue weighted by Gasteiger charge is -2.08. The van der Waals surface area contributed by atoms with Crippen LogP contribution in [0.4, 0.5) is 13.2 Å². The summed E-state index contributed by atoms with van der Waals surface area (Å²) in [7, 11) is -9.14. The largest absolute Gasteiger partial charge is 0.534 e. The number of aromatic nitrogens is 1. The third-order valence-electron chi connectivity index (χ3n) is 3.00. The van der Waals surface area contributed by atoms with E-state index in [9.17, 15) is 34.8 Å². The van der Waals surface area contributed by atoms with Crippen molar-refractivity contribution in [3.8, 4) is 5.88 Å². The van der Waals surface area contributed by atoms with Crippen molar-refractivity contribution in [1.29, 1.82) is 0 Å². The molecule has 0 amide bonds. The van der Waals surface area contributed by atoms with Crippen LogP contribution in [0.15, 0.2) is 24.3 Å². The van der Waals surface area contributed by atoms with Gasteiger partial charge in [0.1, 0.15) is 9.87 Å². The second kappa shape index (κ2) is 8.69. The fourth-order valence-electron chi connectivity index (χ4n) is 1.83. The minimum absolute atomic E-state index is 0.0390. The lowest BCUT2D eigenvalue weighted by Crippen LogP contribution is -2.28.